The summed E-state index contributed by atoms with van der Waals surface area (Å²) in [6.07, 6.45) is 11.8. The van der Waals surface area contributed by atoms with Crippen molar-refractivity contribution < 1.29 is 14.6 Å². The summed E-state index contributed by atoms with van der Waals surface area (Å²) in [5, 5.41) is 8.78. The Bertz CT molecular complexity index is 365. The summed E-state index contributed by atoms with van der Waals surface area (Å²) in [4.78, 5) is 13.2. The number of carboxylic acids is 1. The van der Waals surface area contributed by atoms with Crippen LogP contribution in [0.4, 0.5) is 0 Å². The van der Waals surface area contributed by atoms with Crippen LogP contribution in [0.2, 0.25) is 0 Å². The van der Waals surface area contributed by atoms with Gasteiger partial charge in [0.2, 0.25) is 0 Å². The second-order valence-electron chi connectivity index (χ2n) is 7.37. The minimum absolute atomic E-state index is 0.228. The summed E-state index contributed by atoms with van der Waals surface area (Å²) >= 11 is 0. The van der Waals surface area contributed by atoms with E-state index in [-0.39, 0.29) is 5.60 Å². The van der Waals surface area contributed by atoms with Gasteiger partial charge >= 0.3 is 5.97 Å². The second kappa shape index (κ2) is 6.66. The number of carbonyl (C=O) groups is 1. The molecular weight excluding hydrogens is 266 g/mol. The predicted molar refractivity (Wildman–Crippen MR) is 81.3 cm³/mol. The maximum atomic E-state index is 10.7. The molecule has 0 aromatic carbocycles. The van der Waals surface area contributed by atoms with Gasteiger partial charge in [-0.3, -0.25) is 4.79 Å². The van der Waals surface area contributed by atoms with Crippen molar-refractivity contribution in [1.29, 1.82) is 0 Å². The normalized spacial score (nSPS) is 32.8. The molecule has 120 valence electrons. The maximum Gasteiger partial charge on any atom is 0.303 e. The Morgan fingerprint density at radius 3 is 2.76 bits per heavy atom. The molecule has 2 atom stereocenters. The van der Waals surface area contributed by atoms with Crippen LogP contribution in [0.25, 0.3) is 0 Å². The van der Waals surface area contributed by atoms with Crippen LogP contribution in [0.15, 0.2) is 0 Å². The maximum absolute atomic E-state index is 10.7. The molecule has 0 radical (unpaired) electrons. The van der Waals surface area contributed by atoms with Gasteiger partial charge < -0.3 is 14.7 Å². The van der Waals surface area contributed by atoms with Crippen LogP contribution < -0.4 is 0 Å². The Labute approximate surface area is 127 Å². The lowest BCUT2D eigenvalue weighted by Gasteiger charge is -2.34. The van der Waals surface area contributed by atoms with Crippen molar-refractivity contribution in [3.05, 3.63) is 0 Å². The van der Waals surface area contributed by atoms with Crippen LogP contribution in [-0.4, -0.2) is 47.3 Å². The van der Waals surface area contributed by atoms with E-state index in [1.165, 1.54) is 44.9 Å². The van der Waals surface area contributed by atoms with E-state index in [0.29, 0.717) is 18.4 Å². The average Bonchev–Trinajstić information content (AvgIpc) is 3.06. The van der Waals surface area contributed by atoms with E-state index in [9.17, 15) is 4.79 Å². The smallest absolute Gasteiger partial charge is 0.303 e. The summed E-state index contributed by atoms with van der Waals surface area (Å²) < 4.78 is 6.45. The molecule has 0 bridgehead atoms. The van der Waals surface area contributed by atoms with E-state index < -0.39 is 5.97 Å². The highest BCUT2D eigenvalue weighted by molar-refractivity contribution is 5.66. The lowest BCUT2D eigenvalue weighted by Crippen LogP contribution is -2.35. The third kappa shape index (κ3) is 3.98. The fourth-order valence-corrected chi connectivity index (χ4v) is 4.52. The molecule has 2 saturated heterocycles. The molecule has 1 N–H and O–H groups in total. The molecule has 3 aliphatic rings. The van der Waals surface area contributed by atoms with Crippen LogP contribution in [-0.2, 0) is 9.53 Å². The standard InChI is InChI=1S/C17H29NO3/c19-16(20)5-4-14-7-11-18(12-14)13-15-6-10-17(21-15)8-2-1-3-9-17/h14-15H,1-13H2,(H,19,20). The monoisotopic (exact) mass is 295 g/mol. The Balaban J connectivity index is 1.40. The number of ether oxygens (including phenoxy) is 1. The van der Waals surface area contributed by atoms with Gasteiger partial charge in [-0.25, -0.2) is 0 Å². The van der Waals surface area contributed by atoms with Crippen molar-refractivity contribution in [1.82, 2.24) is 4.90 Å². The third-order valence-electron chi connectivity index (χ3n) is 5.70. The molecule has 2 aliphatic heterocycles. The van der Waals surface area contributed by atoms with Gasteiger partial charge in [0.25, 0.3) is 0 Å². The van der Waals surface area contributed by atoms with E-state index in [1.807, 2.05) is 0 Å². The average molecular weight is 295 g/mol. The zero-order chi connectivity index (χ0) is 14.7. The molecule has 2 unspecified atom stereocenters. The van der Waals surface area contributed by atoms with Crippen molar-refractivity contribution in [2.24, 2.45) is 5.92 Å². The largest absolute Gasteiger partial charge is 0.481 e. The summed E-state index contributed by atoms with van der Waals surface area (Å²) in [7, 11) is 0. The first-order valence-electron chi connectivity index (χ1n) is 8.77. The van der Waals surface area contributed by atoms with Crippen molar-refractivity contribution in [2.75, 3.05) is 19.6 Å². The topological polar surface area (TPSA) is 49.8 Å². The van der Waals surface area contributed by atoms with E-state index in [4.69, 9.17) is 9.84 Å². The number of hydrogen-bond donors (Lipinski definition) is 1. The zero-order valence-electron chi connectivity index (χ0n) is 13.1. The quantitative estimate of drug-likeness (QED) is 0.847. The zero-order valence-corrected chi connectivity index (χ0v) is 13.1. The first-order valence-corrected chi connectivity index (χ1v) is 8.77. The number of hydrogen-bond acceptors (Lipinski definition) is 3. The molecule has 2 heterocycles. The van der Waals surface area contributed by atoms with Gasteiger partial charge in [0.05, 0.1) is 11.7 Å². The van der Waals surface area contributed by atoms with Crippen LogP contribution in [0.5, 0.6) is 0 Å². The number of carboxylic acid groups (broad SMARTS) is 1. The minimum atomic E-state index is -0.660. The lowest BCUT2D eigenvalue weighted by molar-refractivity contribution is -0.137. The number of aliphatic carboxylic acids is 1. The first kappa shape index (κ1) is 15.3. The van der Waals surface area contributed by atoms with Crippen molar-refractivity contribution in [2.45, 2.75) is 75.9 Å². The predicted octanol–water partition coefficient (Wildman–Crippen LogP) is 3.06. The minimum Gasteiger partial charge on any atom is -0.481 e. The number of likely N-dealkylation sites (tertiary alicyclic amines) is 1. The fourth-order valence-electron chi connectivity index (χ4n) is 4.52. The highest BCUT2D eigenvalue weighted by atomic mass is 16.5. The molecular formula is C17H29NO3. The Morgan fingerprint density at radius 1 is 1.19 bits per heavy atom. The van der Waals surface area contributed by atoms with Gasteiger partial charge in [-0.2, -0.15) is 0 Å². The molecule has 4 nitrogen and oxygen atoms in total. The van der Waals surface area contributed by atoms with Gasteiger partial charge in [0.1, 0.15) is 0 Å². The molecule has 1 aliphatic carbocycles. The Kier molecular flexibility index (Phi) is 4.85. The Hall–Kier alpha value is -0.610. The lowest BCUT2D eigenvalue weighted by atomic mass is 9.83. The molecule has 0 amide bonds. The van der Waals surface area contributed by atoms with Crippen molar-refractivity contribution >= 4 is 5.97 Å². The van der Waals surface area contributed by atoms with Crippen LogP contribution in [0.1, 0.15) is 64.2 Å². The number of rotatable bonds is 5. The van der Waals surface area contributed by atoms with Crippen LogP contribution >= 0.6 is 0 Å². The summed E-state index contributed by atoms with van der Waals surface area (Å²) in [6, 6.07) is 0. The summed E-state index contributed by atoms with van der Waals surface area (Å²) in [5.74, 6) is -0.0852. The van der Waals surface area contributed by atoms with Gasteiger partial charge in [0, 0.05) is 19.5 Å². The second-order valence-corrected chi connectivity index (χ2v) is 7.37. The first-order chi connectivity index (χ1) is 10.2. The third-order valence-corrected chi connectivity index (χ3v) is 5.70. The summed E-state index contributed by atoms with van der Waals surface area (Å²) in [5.41, 5.74) is 0.228. The van der Waals surface area contributed by atoms with E-state index >= 15 is 0 Å². The molecule has 3 fully saturated rings. The van der Waals surface area contributed by atoms with Gasteiger partial charge in [-0.05, 0) is 51.0 Å². The van der Waals surface area contributed by atoms with Crippen molar-refractivity contribution in [3.8, 4) is 0 Å². The van der Waals surface area contributed by atoms with Gasteiger partial charge in [-0.15, -0.1) is 0 Å². The van der Waals surface area contributed by atoms with Crippen molar-refractivity contribution in [3.63, 3.8) is 0 Å². The molecule has 0 aromatic heterocycles. The van der Waals surface area contributed by atoms with E-state index in [2.05, 4.69) is 4.90 Å². The van der Waals surface area contributed by atoms with Gasteiger partial charge in [-0.1, -0.05) is 19.3 Å². The molecule has 0 aromatic rings. The highest BCUT2D eigenvalue weighted by Crippen LogP contribution is 2.42. The number of nitrogens with zero attached hydrogens (tertiary/aromatic N) is 1. The Morgan fingerprint density at radius 2 is 2.00 bits per heavy atom. The molecule has 21 heavy (non-hydrogen) atoms. The van der Waals surface area contributed by atoms with Gasteiger partial charge in [0.15, 0.2) is 0 Å². The highest BCUT2D eigenvalue weighted by Gasteiger charge is 2.41. The van der Waals surface area contributed by atoms with E-state index in [0.717, 1.165) is 32.5 Å². The van der Waals surface area contributed by atoms with Crippen LogP contribution in [0.3, 0.4) is 0 Å². The molecule has 3 rings (SSSR count). The fraction of sp³-hybridized carbons (Fsp3) is 0.941. The molecule has 4 heteroatoms. The summed E-state index contributed by atoms with van der Waals surface area (Å²) in [6.45, 7) is 3.25. The molecule has 1 saturated carbocycles. The van der Waals surface area contributed by atoms with E-state index in [1.54, 1.807) is 0 Å². The SMILES string of the molecule is O=C(O)CCC1CCN(CC2CCC3(CCCCC3)O2)C1. The molecule has 1 spiro atoms. The van der Waals surface area contributed by atoms with Crippen LogP contribution in [0, 0.1) is 5.92 Å².